The lowest BCUT2D eigenvalue weighted by Crippen LogP contribution is -1.25. The van der Waals surface area contributed by atoms with Gasteiger partial charge in [0.25, 0.3) is 0 Å². The second-order valence-electron chi connectivity index (χ2n) is 0. The van der Waals surface area contributed by atoms with Crippen LogP contribution in [0.2, 0.25) is 0 Å². The van der Waals surface area contributed by atoms with Crippen molar-refractivity contribution < 1.29 is 5.11 Å². The van der Waals surface area contributed by atoms with Crippen LogP contribution < -0.4 is 0 Å². The van der Waals surface area contributed by atoms with Crippen molar-refractivity contribution in [3.63, 3.8) is 0 Å². The summed E-state index contributed by atoms with van der Waals surface area (Å²) in [5, 5.41) is 7.00. The molecule has 0 atom stereocenters. The van der Waals surface area contributed by atoms with Gasteiger partial charge in [0.2, 0.25) is 0 Å². The number of hydrogen-bond acceptors (Lipinski definition) is 1. The van der Waals surface area contributed by atoms with Gasteiger partial charge in [-0.05, 0) is 0 Å². The molecule has 0 unspecified atom stereocenters. The van der Waals surface area contributed by atoms with Gasteiger partial charge in [0.15, 0.2) is 0 Å². The number of rotatable bonds is 0. The Bertz CT molecular complexity index is 8.00. The minimum Gasteiger partial charge on any atom is -0.400 e. The van der Waals surface area contributed by atoms with Crippen molar-refractivity contribution in [2.75, 3.05) is 7.11 Å². The van der Waals surface area contributed by atoms with Crippen LogP contribution in [-0.4, -0.2) is 35.3 Å². The smallest absolute Gasteiger partial charge is 0.316 e. The standard InChI is InChI=1S/CH4O.ClH.Mg.2H/c1-2;;;;/h2H,1H3;1H;;;. The monoisotopic (exact) mass is 94.0 g/mol. The summed E-state index contributed by atoms with van der Waals surface area (Å²) in [4.78, 5) is 0. The fraction of sp³-hybridized carbons (Fsp3) is 1.00. The zero-order valence-corrected chi connectivity index (χ0v) is 2.67. The predicted octanol–water partition coefficient (Wildman–Crippen LogP) is -0.886. The summed E-state index contributed by atoms with van der Waals surface area (Å²) in [6, 6.07) is 0. The van der Waals surface area contributed by atoms with Crippen LogP contribution in [0.3, 0.4) is 0 Å². The molecule has 0 radical (unpaired) electrons. The van der Waals surface area contributed by atoms with E-state index in [0.717, 1.165) is 7.11 Å². The molecule has 0 rings (SSSR count). The van der Waals surface area contributed by atoms with Crippen molar-refractivity contribution in [2.45, 2.75) is 0 Å². The third-order valence-corrected chi connectivity index (χ3v) is 0. The third kappa shape index (κ3) is 11.9. The highest BCUT2D eigenvalue weighted by Gasteiger charge is 0.839. The summed E-state index contributed by atoms with van der Waals surface area (Å²) >= 11 is 0. The van der Waals surface area contributed by atoms with Crippen LogP contribution in [0.25, 0.3) is 0 Å². The van der Waals surface area contributed by atoms with E-state index in [1.54, 1.807) is 0 Å². The molecule has 0 heterocycles. The summed E-state index contributed by atoms with van der Waals surface area (Å²) in [5.41, 5.74) is 0. The van der Waals surface area contributed by atoms with Crippen LogP contribution in [0.5, 0.6) is 0 Å². The van der Waals surface area contributed by atoms with E-state index in [9.17, 15) is 0 Å². The Morgan fingerprint density at radius 2 is 1.25 bits per heavy atom. The van der Waals surface area contributed by atoms with Crippen LogP contribution in [-0.2, 0) is 0 Å². The Kier molecular flexibility index (Phi) is 176. The van der Waals surface area contributed by atoms with E-state index in [0.29, 0.717) is 0 Å². The minimum absolute atomic E-state index is 0. The number of aliphatic hydroxyl groups excluding tert-OH is 1. The minimum atomic E-state index is 0. The fourth-order valence-corrected chi connectivity index (χ4v) is 0. The van der Waals surface area contributed by atoms with Gasteiger partial charge in [0.1, 0.15) is 0 Å². The fourth-order valence-electron chi connectivity index (χ4n) is 0. The molecule has 0 fully saturated rings. The maximum atomic E-state index is 7.00. The van der Waals surface area contributed by atoms with E-state index < -0.39 is 0 Å². The topological polar surface area (TPSA) is 20.2 Å². The van der Waals surface area contributed by atoms with Crippen molar-refractivity contribution in [3.05, 3.63) is 0 Å². The summed E-state index contributed by atoms with van der Waals surface area (Å²) in [6.07, 6.45) is 0. The average molecular weight is 94.8 g/mol. The molecular formula is CH7ClMgO. The van der Waals surface area contributed by atoms with Gasteiger partial charge < -0.3 is 5.11 Å². The first kappa shape index (κ1) is 19.9. The maximum Gasteiger partial charge on any atom is 0.316 e. The van der Waals surface area contributed by atoms with E-state index >= 15 is 0 Å². The predicted molar refractivity (Wildman–Crippen MR) is 23.9 cm³/mol. The lowest BCUT2D eigenvalue weighted by molar-refractivity contribution is 0.399. The van der Waals surface area contributed by atoms with Crippen molar-refractivity contribution >= 4 is 35.5 Å². The van der Waals surface area contributed by atoms with Crippen LogP contribution in [0.4, 0.5) is 0 Å². The zero-order valence-electron chi connectivity index (χ0n) is 1.86. The second kappa shape index (κ2) is 35.4. The van der Waals surface area contributed by atoms with Crippen LogP contribution >= 0.6 is 12.4 Å². The van der Waals surface area contributed by atoms with E-state index in [1.807, 2.05) is 0 Å². The lowest BCUT2D eigenvalue weighted by atomic mass is 11.8. The Morgan fingerprint density at radius 3 is 1.25 bits per heavy atom. The first-order valence-electron chi connectivity index (χ1n) is 0.447. The van der Waals surface area contributed by atoms with Gasteiger partial charge in [-0.15, -0.1) is 12.4 Å². The van der Waals surface area contributed by atoms with Gasteiger partial charge in [0, 0.05) is 7.11 Å². The highest BCUT2D eigenvalue weighted by atomic mass is 35.5. The Balaban J connectivity index is -0.00000000500. The zero-order chi connectivity index (χ0) is 2.00. The van der Waals surface area contributed by atoms with E-state index in [-0.39, 0.29) is 35.5 Å². The van der Waals surface area contributed by atoms with E-state index in [2.05, 4.69) is 0 Å². The van der Waals surface area contributed by atoms with E-state index in [1.165, 1.54) is 0 Å². The van der Waals surface area contributed by atoms with E-state index in [4.69, 9.17) is 5.11 Å². The van der Waals surface area contributed by atoms with Gasteiger partial charge in [-0.3, -0.25) is 0 Å². The van der Waals surface area contributed by atoms with Crippen LogP contribution in [0, 0.1) is 0 Å². The van der Waals surface area contributed by atoms with Crippen molar-refractivity contribution in [1.82, 2.24) is 0 Å². The SMILES string of the molecule is CO.Cl.[MgH2]. The molecule has 1 nitrogen and oxygen atoms in total. The van der Waals surface area contributed by atoms with Gasteiger partial charge >= 0.3 is 23.1 Å². The molecule has 0 spiro atoms. The molecule has 26 valence electrons. The molecule has 1 N–H and O–H groups in total. The Hall–Kier alpha value is 1.02. The highest BCUT2D eigenvalue weighted by Crippen LogP contribution is 0.755. The van der Waals surface area contributed by atoms with Crippen molar-refractivity contribution in [1.29, 1.82) is 0 Å². The van der Waals surface area contributed by atoms with Gasteiger partial charge in [-0.1, -0.05) is 0 Å². The van der Waals surface area contributed by atoms with Crippen molar-refractivity contribution in [2.24, 2.45) is 0 Å². The normalized spacial score (nSPS) is 1.50. The highest BCUT2D eigenvalue weighted by molar-refractivity contribution is 5.85. The molecule has 0 saturated carbocycles. The lowest BCUT2D eigenvalue weighted by Gasteiger charge is -1.21. The second-order valence-corrected chi connectivity index (χ2v) is 0. The molecule has 0 saturated heterocycles. The average Bonchev–Trinajstić information content (AvgIpc) is 1.00. The molecule has 3 heteroatoms. The third-order valence-electron chi connectivity index (χ3n) is 0. The maximum absolute atomic E-state index is 7.00. The summed E-state index contributed by atoms with van der Waals surface area (Å²) in [5.74, 6) is 0. The number of hydrogen-bond donors (Lipinski definition) is 1. The molecule has 0 bridgehead atoms. The molecule has 4 heavy (non-hydrogen) atoms. The number of aliphatic hydroxyl groups is 1. The van der Waals surface area contributed by atoms with Crippen molar-refractivity contribution in [3.8, 4) is 0 Å². The largest absolute Gasteiger partial charge is 0.400 e. The van der Waals surface area contributed by atoms with Gasteiger partial charge in [0.05, 0.1) is 0 Å². The number of halogens is 1. The molecule has 0 aromatic carbocycles. The van der Waals surface area contributed by atoms with Gasteiger partial charge in [-0.2, -0.15) is 0 Å². The molecular weight excluding hydrogens is 87.8 g/mol. The first-order valence-corrected chi connectivity index (χ1v) is 0.447. The summed E-state index contributed by atoms with van der Waals surface area (Å²) in [6.45, 7) is 0. The quantitative estimate of drug-likeness (QED) is 0.387. The Morgan fingerprint density at radius 1 is 1.25 bits per heavy atom. The van der Waals surface area contributed by atoms with Crippen LogP contribution in [0.15, 0.2) is 0 Å². The van der Waals surface area contributed by atoms with Crippen LogP contribution in [0.1, 0.15) is 0 Å². The summed E-state index contributed by atoms with van der Waals surface area (Å²) in [7, 11) is 1.00. The molecule has 0 aliphatic carbocycles. The molecule has 0 aliphatic heterocycles. The summed E-state index contributed by atoms with van der Waals surface area (Å²) < 4.78 is 0. The Labute approximate surface area is 48.0 Å². The molecule has 0 aliphatic rings. The first-order chi connectivity index (χ1) is 1.00. The van der Waals surface area contributed by atoms with Gasteiger partial charge in [-0.25, -0.2) is 0 Å². The molecule has 0 aromatic heterocycles. The molecule has 0 amide bonds. The molecule has 0 aromatic rings.